The predicted octanol–water partition coefficient (Wildman–Crippen LogP) is -0.528. The van der Waals surface area contributed by atoms with E-state index >= 15 is 0 Å². The third-order valence-corrected chi connectivity index (χ3v) is 4.17. The molecule has 0 saturated heterocycles. The molecule has 0 heterocycles. The van der Waals surface area contributed by atoms with Crippen LogP contribution < -0.4 is 5.19 Å². The van der Waals surface area contributed by atoms with Crippen LogP contribution in [0.2, 0.25) is 0 Å². The molecule has 7 heteroatoms. The summed E-state index contributed by atoms with van der Waals surface area (Å²) in [5.41, 5.74) is 1.08. The minimum atomic E-state index is -0.769. The van der Waals surface area contributed by atoms with Gasteiger partial charge in [-0.2, -0.15) is 0 Å². The van der Waals surface area contributed by atoms with Gasteiger partial charge in [-0.1, -0.05) is 36.4 Å². The highest BCUT2D eigenvalue weighted by Crippen LogP contribution is 2.04. The van der Waals surface area contributed by atoms with Gasteiger partial charge in [-0.3, -0.25) is 9.68 Å². The number of hydroxylamine groups is 2. The molecule has 1 aromatic carbocycles. The number of benzene rings is 1. The molecule has 0 fully saturated rings. The van der Waals surface area contributed by atoms with Crippen LogP contribution in [0.5, 0.6) is 0 Å². The Hall–Kier alpha value is -0.803. The Labute approximate surface area is 128 Å². The molecule has 6 nitrogen and oxygen atoms in total. The molecule has 0 aliphatic carbocycles. The fourth-order valence-corrected chi connectivity index (χ4v) is 3.03. The molecule has 0 amide bonds. The Bertz CT molecular complexity index is 372. The molecule has 21 heavy (non-hydrogen) atoms. The second-order valence-corrected chi connectivity index (χ2v) is 5.88. The van der Waals surface area contributed by atoms with Gasteiger partial charge in [0.1, 0.15) is 0 Å². The summed E-state index contributed by atoms with van der Waals surface area (Å²) in [7, 11) is -0.769. The van der Waals surface area contributed by atoms with Gasteiger partial charge < -0.3 is 14.6 Å². The lowest BCUT2D eigenvalue weighted by Gasteiger charge is -2.21. The smallest absolute Gasteiger partial charge is 0.192 e. The molecule has 120 valence electrons. The molecule has 0 bridgehead atoms. The lowest BCUT2D eigenvalue weighted by Crippen LogP contribution is -2.31. The third-order valence-electron chi connectivity index (χ3n) is 2.68. The highest BCUT2D eigenvalue weighted by Gasteiger charge is 2.11. The van der Waals surface area contributed by atoms with E-state index in [1.54, 1.807) is 0 Å². The lowest BCUT2D eigenvalue weighted by atomic mass is 10.2. The second-order valence-electron chi connectivity index (χ2n) is 4.43. The maximum Gasteiger partial charge on any atom is 0.192 e. The van der Waals surface area contributed by atoms with Crippen LogP contribution in [0.3, 0.4) is 0 Å². The Morgan fingerprint density at radius 3 is 2.33 bits per heavy atom. The molecular weight excluding hydrogens is 290 g/mol. The van der Waals surface area contributed by atoms with E-state index in [9.17, 15) is 0 Å². The van der Waals surface area contributed by atoms with Gasteiger partial charge in [0.05, 0.1) is 33.0 Å². The van der Waals surface area contributed by atoms with Gasteiger partial charge in [-0.15, -0.1) is 0 Å². The summed E-state index contributed by atoms with van der Waals surface area (Å²) in [6, 6.07) is 8.03. The average Bonchev–Trinajstić information content (AvgIpc) is 2.51. The first-order valence-corrected chi connectivity index (χ1v) is 8.49. The van der Waals surface area contributed by atoms with Crippen LogP contribution in [0, 0.1) is 0 Å². The molecule has 1 rings (SSSR count). The molecule has 0 aliphatic heterocycles. The van der Waals surface area contributed by atoms with E-state index in [0.29, 0.717) is 6.54 Å². The van der Waals surface area contributed by atoms with Crippen molar-refractivity contribution in [3.05, 3.63) is 29.8 Å². The van der Waals surface area contributed by atoms with E-state index in [1.165, 1.54) is 10.4 Å². The van der Waals surface area contributed by atoms with Crippen LogP contribution >= 0.6 is 0 Å². The maximum atomic E-state index is 8.83. The van der Waals surface area contributed by atoms with Crippen molar-refractivity contribution in [1.29, 1.82) is 0 Å². The first-order valence-electron chi connectivity index (χ1n) is 7.21. The van der Waals surface area contributed by atoms with Gasteiger partial charge in [0.2, 0.25) is 0 Å². The zero-order chi connectivity index (χ0) is 15.3. The van der Waals surface area contributed by atoms with Gasteiger partial charge in [0, 0.05) is 6.61 Å². The molecule has 0 atom stereocenters. The average molecular weight is 315 g/mol. The Kier molecular flexibility index (Phi) is 10.3. The summed E-state index contributed by atoms with van der Waals surface area (Å²) in [5.74, 6) is 0. The SMILES string of the molecule is CCCO[SiH2]c1ccccc1CN(OCCO)OCCO. The molecular formula is C14H25NO5Si. The summed E-state index contributed by atoms with van der Waals surface area (Å²) in [4.78, 5) is 10.6. The highest BCUT2D eigenvalue weighted by atomic mass is 28.2. The quantitative estimate of drug-likeness (QED) is 0.307. The molecule has 0 unspecified atom stereocenters. The van der Waals surface area contributed by atoms with Crippen LogP contribution in [0.15, 0.2) is 24.3 Å². The van der Waals surface area contributed by atoms with Crippen molar-refractivity contribution in [2.24, 2.45) is 0 Å². The minimum absolute atomic E-state index is 0.0883. The number of nitrogens with zero attached hydrogens (tertiary/aromatic N) is 1. The molecule has 2 N–H and O–H groups in total. The Morgan fingerprint density at radius 2 is 1.71 bits per heavy atom. The topological polar surface area (TPSA) is 71.4 Å². The van der Waals surface area contributed by atoms with Gasteiger partial charge in [0.25, 0.3) is 0 Å². The van der Waals surface area contributed by atoms with Crippen molar-refractivity contribution < 1.29 is 24.3 Å². The molecule has 0 aliphatic rings. The maximum absolute atomic E-state index is 8.83. The fraction of sp³-hybridized carbons (Fsp3) is 0.571. The van der Waals surface area contributed by atoms with E-state index in [2.05, 4.69) is 13.0 Å². The van der Waals surface area contributed by atoms with Gasteiger partial charge in [0.15, 0.2) is 9.76 Å². The van der Waals surface area contributed by atoms with Crippen LogP contribution in [0.25, 0.3) is 0 Å². The van der Waals surface area contributed by atoms with E-state index in [4.69, 9.17) is 24.3 Å². The van der Waals surface area contributed by atoms with Crippen molar-refractivity contribution >= 4 is 14.9 Å². The monoisotopic (exact) mass is 315 g/mol. The van der Waals surface area contributed by atoms with Crippen molar-refractivity contribution in [2.75, 3.05) is 33.0 Å². The van der Waals surface area contributed by atoms with E-state index in [1.807, 2.05) is 18.2 Å². The third kappa shape index (κ3) is 7.68. The van der Waals surface area contributed by atoms with Crippen LogP contribution in [-0.4, -0.2) is 58.2 Å². The number of aliphatic hydroxyl groups excluding tert-OH is 2. The largest absolute Gasteiger partial charge is 0.419 e. The highest BCUT2D eigenvalue weighted by molar-refractivity contribution is 6.47. The molecule has 0 saturated carbocycles. The fourth-order valence-electron chi connectivity index (χ4n) is 1.73. The number of hydrogen-bond donors (Lipinski definition) is 2. The molecule has 0 spiro atoms. The number of aliphatic hydroxyl groups is 2. The summed E-state index contributed by atoms with van der Waals surface area (Å²) in [5, 5.41) is 20.2. The first kappa shape index (κ1) is 18.2. The summed E-state index contributed by atoms with van der Waals surface area (Å²) >= 11 is 0. The number of rotatable bonds is 12. The zero-order valence-corrected chi connectivity index (χ0v) is 13.9. The van der Waals surface area contributed by atoms with Crippen LogP contribution in [-0.2, 0) is 20.6 Å². The summed E-state index contributed by atoms with van der Waals surface area (Å²) in [6.07, 6.45) is 1.01. The Balaban J connectivity index is 2.62. The summed E-state index contributed by atoms with van der Waals surface area (Å²) in [6.45, 7) is 3.43. The van der Waals surface area contributed by atoms with Gasteiger partial charge >= 0.3 is 0 Å². The van der Waals surface area contributed by atoms with E-state index in [0.717, 1.165) is 18.6 Å². The predicted molar refractivity (Wildman–Crippen MR) is 82.5 cm³/mol. The molecule has 1 aromatic rings. The van der Waals surface area contributed by atoms with E-state index < -0.39 is 9.76 Å². The summed E-state index contributed by atoms with van der Waals surface area (Å²) < 4.78 is 5.71. The van der Waals surface area contributed by atoms with E-state index in [-0.39, 0.29) is 26.4 Å². The molecule has 0 radical (unpaired) electrons. The van der Waals surface area contributed by atoms with Crippen LogP contribution in [0.1, 0.15) is 18.9 Å². The normalized spacial score (nSPS) is 11.8. The molecule has 0 aromatic heterocycles. The van der Waals surface area contributed by atoms with Gasteiger partial charge in [-0.05, 0) is 17.2 Å². The zero-order valence-electron chi connectivity index (χ0n) is 12.5. The van der Waals surface area contributed by atoms with Crippen LogP contribution in [0.4, 0.5) is 0 Å². The van der Waals surface area contributed by atoms with Crippen molar-refractivity contribution in [1.82, 2.24) is 5.23 Å². The Morgan fingerprint density at radius 1 is 1.05 bits per heavy atom. The van der Waals surface area contributed by atoms with Crippen molar-refractivity contribution in [2.45, 2.75) is 19.9 Å². The lowest BCUT2D eigenvalue weighted by molar-refractivity contribution is -0.377. The second kappa shape index (κ2) is 11.8. The van der Waals surface area contributed by atoms with Crippen molar-refractivity contribution in [3.63, 3.8) is 0 Å². The van der Waals surface area contributed by atoms with Crippen molar-refractivity contribution in [3.8, 4) is 0 Å². The minimum Gasteiger partial charge on any atom is -0.419 e. The standard InChI is InChI=1S/C14H25NO5Si/c1-2-9-20-21-14-6-4-3-5-13(14)12-15(18-10-7-16)19-11-8-17/h3-6,16-17H,2,7-12,21H2,1H3. The number of hydrogen-bond acceptors (Lipinski definition) is 6. The first-order chi connectivity index (χ1) is 10.3. The van der Waals surface area contributed by atoms with Gasteiger partial charge in [-0.25, -0.2) is 0 Å².